The molecule has 1 fully saturated rings. The van der Waals surface area contributed by atoms with Crippen molar-refractivity contribution in [3.05, 3.63) is 28.8 Å². The molecule has 0 radical (unpaired) electrons. The highest BCUT2D eigenvalue weighted by Gasteiger charge is 2.37. The van der Waals surface area contributed by atoms with Crippen molar-refractivity contribution in [1.29, 1.82) is 5.41 Å². The third-order valence-electron chi connectivity index (χ3n) is 3.14. The summed E-state index contributed by atoms with van der Waals surface area (Å²) in [5, 5.41) is 11.0. The largest absolute Gasteiger partial charge is 0.495 e. The number of nitrogens with zero attached hydrogens (tertiary/aromatic N) is 1. The fourth-order valence-corrected chi connectivity index (χ4v) is 2.58. The number of amidine groups is 1. The van der Waals surface area contributed by atoms with Crippen molar-refractivity contribution in [2.75, 3.05) is 13.7 Å². The van der Waals surface area contributed by atoms with Gasteiger partial charge in [-0.1, -0.05) is 31.5 Å². The predicted octanol–water partition coefficient (Wildman–Crippen LogP) is 3.05. The first kappa shape index (κ1) is 14.7. The number of nitrogens with one attached hydrogen (secondary N) is 2. The van der Waals surface area contributed by atoms with Crippen LogP contribution in [-0.4, -0.2) is 30.4 Å². The maximum Gasteiger partial charge on any atom is 0.323 e. The van der Waals surface area contributed by atoms with Crippen molar-refractivity contribution in [3.8, 4) is 5.75 Å². The van der Waals surface area contributed by atoms with Gasteiger partial charge in [0, 0.05) is 6.54 Å². The van der Waals surface area contributed by atoms with Crippen LogP contribution in [0.5, 0.6) is 5.75 Å². The van der Waals surface area contributed by atoms with E-state index in [9.17, 15) is 4.79 Å². The van der Waals surface area contributed by atoms with Gasteiger partial charge in [-0.15, -0.1) is 0 Å². The summed E-state index contributed by atoms with van der Waals surface area (Å²) in [7, 11) is 1.55. The Bertz CT molecular complexity index is 545. The van der Waals surface area contributed by atoms with Crippen LogP contribution in [-0.2, 0) is 0 Å². The number of benzene rings is 1. The average Bonchev–Trinajstić information content (AvgIpc) is 2.63. The van der Waals surface area contributed by atoms with Gasteiger partial charge >= 0.3 is 6.03 Å². The molecular formula is C14H18ClN3O2. The first-order valence-corrected chi connectivity index (χ1v) is 6.81. The Hall–Kier alpha value is -1.75. The van der Waals surface area contributed by atoms with E-state index in [4.69, 9.17) is 21.7 Å². The molecule has 1 saturated heterocycles. The minimum atomic E-state index is -0.409. The summed E-state index contributed by atoms with van der Waals surface area (Å²) in [6.45, 7) is 4.66. The van der Waals surface area contributed by atoms with Crippen LogP contribution < -0.4 is 10.1 Å². The smallest absolute Gasteiger partial charge is 0.323 e. The Balaban J connectivity index is 2.35. The number of rotatable bonds is 4. The number of halogens is 1. The second-order valence-corrected chi connectivity index (χ2v) is 5.59. The highest BCUT2D eigenvalue weighted by molar-refractivity contribution is 6.32. The van der Waals surface area contributed by atoms with E-state index in [1.54, 1.807) is 24.1 Å². The number of hydrogen-bond acceptors (Lipinski definition) is 3. The molecule has 1 aromatic rings. The average molecular weight is 296 g/mol. The molecule has 108 valence electrons. The molecule has 1 heterocycles. The third-order valence-corrected chi connectivity index (χ3v) is 3.44. The lowest BCUT2D eigenvalue weighted by molar-refractivity contribution is 0.198. The molecule has 1 aliphatic rings. The number of amides is 2. The van der Waals surface area contributed by atoms with Crippen LogP contribution in [0.25, 0.3) is 0 Å². The van der Waals surface area contributed by atoms with Crippen molar-refractivity contribution in [2.24, 2.45) is 5.92 Å². The SMILES string of the molecule is COc1ccc(C2C(=N)NC(=O)N2CC(C)C)cc1Cl. The van der Waals surface area contributed by atoms with E-state index in [0.29, 0.717) is 23.2 Å². The zero-order chi connectivity index (χ0) is 14.9. The van der Waals surface area contributed by atoms with Gasteiger partial charge in [0.1, 0.15) is 17.6 Å². The van der Waals surface area contributed by atoms with E-state index < -0.39 is 6.04 Å². The van der Waals surface area contributed by atoms with Gasteiger partial charge in [-0.3, -0.25) is 10.7 Å². The fraction of sp³-hybridized carbons (Fsp3) is 0.429. The van der Waals surface area contributed by atoms with E-state index in [-0.39, 0.29) is 11.9 Å². The zero-order valence-corrected chi connectivity index (χ0v) is 12.5. The molecule has 2 rings (SSSR count). The fourth-order valence-electron chi connectivity index (χ4n) is 2.31. The normalized spacial score (nSPS) is 18.6. The lowest BCUT2D eigenvalue weighted by Gasteiger charge is -2.25. The summed E-state index contributed by atoms with van der Waals surface area (Å²) in [5.74, 6) is 1.08. The molecule has 20 heavy (non-hydrogen) atoms. The Morgan fingerprint density at radius 3 is 2.75 bits per heavy atom. The summed E-state index contributed by atoms with van der Waals surface area (Å²) in [4.78, 5) is 13.6. The van der Waals surface area contributed by atoms with Gasteiger partial charge in [-0.2, -0.15) is 0 Å². The topological polar surface area (TPSA) is 65.4 Å². The Labute approximate surface area is 123 Å². The van der Waals surface area contributed by atoms with Crippen LogP contribution in [0, 0.1) is 11.3 Å². The lowest BCUT2D eigenvalue weighted by Crippen LogP contribution is -2.33. The third kappa shape index (κ3) is 2.72. The summed E-state index contributed by atoms with van der Waals surface area (Å²) < 4.78 is 5.12. The van der Waals surface area contributed by atoms with Gasteiger partial charge in [0.15, 0.2) is 0 Å². The van der Waals surface area contributed by atoms with Crippen molar-refractivity contribution in [1.82, 2.24) is 10.2 Å². The van der Waals surface area contributed by atoms with E-state index in [1.807, 2.05) is 19.9 Å². The second-order valence-electron chi connectivity index (χ2n) is 5.19. The van der Waals surface area contributed by atoms with Crippen LogP contribution >= 0.6 is 11.6 Å². The Morgan fingerprint density at radius 2 is 2.20 bits per heavy atom. The Kier molecular flexibility index (Phi) is 4.18. The first-order chi connectivity index (χ1) is 9.43. The zero-order valence-electron chi connectivity index (χ0n) is 11.7. The van der Waals surface area contributed by atoms with Gasteiger partial charge in [0.25, 0.3) is 0 Å². The van der Waals surface area contributed by atoms with Crippen LogP contribution in [0.1, 0.15) is 25.5 Å². The first-order valence-electron chi connectivity index (χ1n) is 6.43. The van der Waals surface area contributed by atoms with E-state index in [0.717, 1.165) is 5.56 Å². The van der Waals surface area contributed by atoms with Gasteiger partial charge in [0.2, 0.25) is 0 Å². The van der Waals surface area contributed by atoms with Crippen LogP contribution in [0.3, 0.4) is 0 Å². The number of hydrogen-bond donors (Lipinski definition) is 2. The molecule has 6 heteroatoms. The van der Waals surface area contributed by atoms with Crippen LogP contribution in [0.2, 0.25) is 5.02 Å². The molecule has 2 N–H and O–H groups in total. The van der Waals surface area contributed by atoms with Crippen molar-refractivity contribution < 1.29 is 9.53 Å². The maximum absolute atomic E-state index is 11.9. The summed E-state index contributed by atoms with van der Waals surface area (Å²) in [5.41, 5.74) is 0.805. The number of urea groups is 1. The molecule has 5 nitrogen and oxygen atoms in total. The van der Waals surface area contributed by atoms with Gasteiger partial charge in [-0.05, 0) is 23.6 Å². The standard InChI is InChI=1S/C14H18ClN3O2/c1-8(2)7-18-12(13(16)17-14(18)19)9-4-5-11(20-3)10(15)6-9/h4-6,8,12H,7H2,1-3H3,(H2,16,17,19). The molecule has 0 spiro atoms. The summed E-state index contributed by atoms with van der Waals surface area (Å²) >= 11 is 6.13. The summed E-state index contributed by atoms with van der Waals surface area (Å²) in [6, 6.07) is 4.68. The molecule has 1 atom stereocenters. The van der Waals surface area contributed by atoms with Gasteiger partial charge in [-0.25, -0.2) is 4.79 Å². The molecule has 0 saturated carbocycles. The highest BCUT2D eigenvalue weighted by atomic mass is 35.5. The number of carbonyl (C=O) groups excluding carboxylic acids is 1. The monoisotopic (exact) mass is 295 g/mol. The van der Waals surface area contributed by atoms with Crippen LogP contribution in [0.4, 0.5) is 4.79 Å². The quantitative estimate of drug-likeness (QED) is 0.896. The second kappa shape index (κ2) is 5.71. The predicted molar refractivity (Wildman–Crippen MR) is 78.5 cm³/mol. The molecule has 0 bridgehead atoms. The van der Waals surface area contributed by atoms with E-state index >= 15 is 0 Å². The molecule has 1 aliphatic heterocycles. The van der Waals surface area contributed by atoms with Gasteiger partial charge < -0.3 is 9.64 Å². The minimum Gasteiger partial charge on any atom is -0.495 e. The highest BCUT2D eigenvalue weighted by Crippen LogP contribution is 2.32. The molecule has 2 amide bonds. The lowest BCUT2D eigenvalue weighted by atomic mass is 10.0. The minimum absolute atomic E-state index is 0.178. The van der Waals surface area contributed by atoms with E-state index in [2.05, 4.69) is 5.32 Å². The molecule has 1 unspecified atom stereocenters. The Morgan fingerprint density at radius 1 is 1.50 bits per heavy atom. The molecule has 0 aliphatic carbocycles. The number of methoxy groups -OCH3 is 1. The number of ether oxygens (including phenoxy) is 1. The molecule has 0 aromatic heterocycles. The molecule has 1 aromatic carbocycles. The summed E-state index contributed by atoms with van der Waals surface area (Å²) in [6.07, 6.45) is 0. The van der Waals surface area contributed by atoms with Crippen molar-refractivity contribution in [3.63, 3.8) is 0 Å². The number of carbonyl (C=O) groups is 1. The van der Waals surface area contributed by atoms with Crippen molar-refractivity contribution in [2.45, 2.75) is 19.9 Å². The molecular weight excluding hydrogens is 278 g/mol. The van der Waals surface area contributed by atoms with E-state index in [1.165, 1.54) is 0 Å². The van der Waals surface area contributed by atoms with Crippen LogP contribution in [0.15, 0.2) is 18.2 Å². The van der Waals surface area contributed by atoms with Gasteiger partial charge in [0.05, 0.1) is 12.1 Å². The maximum atomic E-state index is 11.9. The van der Waals surface area contributed by atoms with Crippen molar-refractivity contribution >= 4 is 23.5 Å².